The van der Waals surface area contributed by atoms with E-state index in [0.717, 1.165) is 46.0 Å². The fourth-order valence-electron chi connectivity index (χ4n) is 8.98. The Hall–Kier alpha value is -7.11. The molecule has 6 aromatic carbocycles. The quantitative estimate of drug-likeness (QED) is 0.185. The molecule has 0 spiro atoms. The second kappa shape index (κ2) is 11.2. The molecule has 5 heterocycles. The van der Waals surface area contributed by atoms with Crippen LogP contribution in [0.5, 0.6) is 0 Å². The summed E-state index contributed by atoms with van der Waals surface area (Å²) < 4.78 is 4.70. The first kappa shape index (κ1) is 29.5. The molecule has 0 unspecified atom stereocenters. The number of nitrogens with zero attached hydrogens (tertiary/aromatic N) is 5. The number of rotatable bonds is 4. The van der Waals surface area contributed by atoms with Crippen LogP contribution in [0.1, 0.15) is 17.7 Å². The summed E-state index contributed by atoms with van der Waals surface area (Å²) in [7, 11) is 0. The third-order valence-corrected chi connectivity index (χ3v) is 11.4. The first-order valence-electron chi connectivity index (χ1n) is 18.6. The van der Waals surface area contributed by atoms with E-state index in [2.05, 4.69) is 153 Å². The van der Waals surface area contributed by atoms with E-state index in [0.29, 0.717) is 5.95 Å². The highest BCUT2D eigenvalue weighted by Crippen LogP contribution is 2.43. The molecule has 0 fully saturated rings. The SMILES string of the molecule is C1=Cc2c(c3cc(-c4ccc5c(c4)c4ccccc4n5-c4nc(-c5ccc(-c6ccccc6)cc5)c5cnccc5n4)cc4c5ccccc5n2c34)CC1. The molecular formula is C49H31N5. The van der Waals surface area contributed by atoms with Crippen LogP contribution in [-0.2, 0) is 6.42 Å². The summed E-state index contributed by atoms with van der Waals surface area (Å²) in [6, 6.07) is 50.2. The van der Waals surface area contributed by atoms with Crippen molar-refractivity contribution in [1.29, 1.82) is 0 Å². The topological polar surface area (TPSA) is 48.0 Å². The van der Waals surface area contributed by atoms with Crippen molar-refractivity contribution in [3.63, 3.8) is 0 Å². The molecule has 0 atom stereocenters. The largest absolute Gasteiger partial charge is 0.308 e. The summed E-state index contributed by atoms with van der Waals surface area (Å²) in [6.07, 6.45) is 10.5. The number of allylic oxidation sites excluding steroid dienone is 1. The van der Waals surface area contributed by atoms with Gasteiger partial charge in [0.2, 0.25) is 5.95 Å². The molecule has 5 aromatic heterocycles. The zero-order valence-corrected chi connectivity index (χ0v) is 29.2. The van der Waals surface area contributed by atoms with Gasteiger partial charge in [-0.2, -0.15) is 0 Å². The molecule has 0 bridgehead atoms. The van der Waals surface area contributed by atoms with Gasteiger partial charge in [-0.1, -0.05) is 103 Å². The molecule has 54 heavy (non-hydrogen) atoms. The van der Waals surface area contributed by atoms with Gasteiger partial charge < -0.3 is 4.40 Å². The highest BCUT2D eigenvalue weighted by Gasteiger charge is 2.23. The second-order valence-electron chi connectivity index (χ2n) is 14.4. The van der Waals surface area contributed by atoms with E-state index in [1.807, 2.05) is 24.5 Å². The van der Waals surface area contributed by atoms with E-state index >= 15 is 0 Å². The van der Waals surface area contributed by atoms with Crippen molar-refractivity contribution in [3.05, 3.63) is 169 Å². The molecule has 0 aliphatic heterocycles. The zero-order chi connectivity index (χ0) is 35.3. The Bertz CT molecular complexity index is 3310. The van der Waals surface area contributed by atoms with E-state index in [-0.39, 0.29) is 0 Å². The molecule has 5 nitrogen and oxygen atoms in total. The highest BCUT2D eigenvalue weighted by molar-refractivity contribution is 6.18. The lowest BCUT2D eigenvalue weighted by atomic mass is 9.95. The van der Waals surface area contributed by atoms with Crippen molar-refractivity contribution < 1.29 is 0 Å². The van der Waals surface area contributed by atoms with Gasteiger partial charge in [-0.3, -0.25) is 9.55 Å². The van der Waals surface area contributed by atoms with E-state index < -0.39 is 0 Å². The van der Waals surface area contributed by atoms with Crippen LogP contribution in [0.4, 0.5) is 0 Å². The van der Waals surface area contributed by atoms with Crippen LogP contribution >= 0.6 is 0 Å². The number of hydrogen-bond donors (Lipinski definition) is 0. The van der Waals surface area contributed by atoms with E-state index in [9.17, 15) is 0 Å². The lowest BCUT2D eigenvalue weighted by Gasteiger charge is -2.12. The number of fused-ring (bicyclic) bond motifs is 10. The summed E-state index contributed by atoms with van der Waals surface area (Å²) in [5.74, 6) is 0.641. The highest BCUT2D eigenvalue weighted by atomic mass is 15.2. The number of hydrogen-bond acceptors (Lipinski definition) is 3. The van der Waals surface area contributed by atoms with Gasteiger partial charge in [-0.05, 0) is 89.2 Å². The third kappa shape index (κ3) is 4.18. The average Bonchev–Trinajstić information content (AvgIpc) is 3.88. The molecule has 11 aromatic rings. The molecule has 5 heteroatoms. The molecule has 1 aliphatic carbocycles. The molecular weight excluding hydrogens is 659 g/mol. The number of aryl methyl sites for hydroxylation is 1. The molecule has 0 saturated heterocycles. The lowest BCUT2D eigenvalue weighted by molar-refractivity contribution is 0.984. The standard InChI is InChI=1S/C49H31N5/c1-2-10-30(11-3-1)31-18-20-32(21-19-31)47-41-29-50-25-24-42(41)51-49(52-47)54-45-17-9-4-12-35(45)38-26-33(22-23-46(38)54)34-27-39-36-13-5-7-15-43(36)53-44-16-8-6-14-37(44)40(28-34)48(39)53/h1-5,7-13,15-29H,6,14H2. The molecule has 12 rings (SSSR count). The molecule has 0 saturated carbocycles. The van der Waals surface area contributed by atoms with E-state index in [1.165, 1.54) is 71.5 Å². The Balaban J connectivity index is 1.06. The van der Waals surface area contributed by atoms with Gasteiger partial charge in [0.25, 0.3) is 0 Å². The van der Waals surface area contributed by atoms with Gasteiger partial charge in [0.1, 0.15) is 0 Å². The summed E-state index contributed by atoms with van der Waals surface area (Å²) >= 11 is 0. The zero-order valence-electron chi connectivity index (χ0n) is 29.2. The summed E-state index contributed by atoms with van der Waals surface area (Å²) in [5.41, 5.74) is 15.1. The summed E-state index contributed by atoms with van der Waals surface area (Å²) in [4.78, 5) is 15.0. The number of pyridine rings is 1. The minimum Gasteiger partial charge on any atom is -0.308 e. The first-order valence-corrected chi connectivity index (χ1v) is 18.6. The number of aromatic nitrogens is 5. The van der Waals surface area contributed by atoms with Crippen LogP contribution in [0.15, 0.2) is 158 Å². The van der Waals surface area contributed by atoms with E-state index in [1.54, 1.807) is 0 Å². The summed E-state index contributed by atoms with van der Waals surface area (Å²) in [5, 5.41) is 7.25. The monoisotopic (exact) mass is 689 g/mol. The van der Waals surface area contributed by atoms with Crippen molar-refractivity contribution in [3.8, 4) is 39.5 Å². The third-order valence-electron chi connectivity index (χ3n) is 11.4. The first-order chi connectivity index (χ1) is 26.8. The Morgan fingerprint density at radius 1 is 0.500 bits per heavy atom. The Morgan fingerprint density at radius 2 is 1.19 bits per heavy atom. The van der Waals surface area contributed by atoms with Crippen molar-refractivity contribution in [2.75, 3.05) is 0 Å². The van der Waals surface area contributed by atoms with Gasteiger partial charge in [-0.25, -0.2) is 9.97 Å². The molecule has 0 N–H and O–H groups in total. The fourth-order valence-corrected chi connectivity index (χ4v) is 8.98. The maximum absolute atomic E-state index is 5.32. The Morgan fingerprint density at radius 3 is 2.06 bits per heavy atom. The molecule has 1 aliphatic rings. The van der Waals surface area contributed by atoms with Gasteiger partial charge in [-0.15, -0.1) is 0 Å². The van der Waals surface area contributed by atoms with Crippen molar-refractivity contribution in [1.82, 2.24) is 23.9 Å². The van der Waals surface area contributed by atoms with Gasteiger partial charge in [0, 0.05) is 56.0 Å². The minimum absolute atomic E-state index is 0.641. The Kier molecular flexibility index (Phi) is 6.11. The van der Waals surface area contributed by atoms with Gasteiger partial charge in [0.05, 0.1) is 33.3 Å². The minimum atomic E-state index is 0.641. The van der Waals surface area contributed by atoms with Crippen LogP contribution in [0.3, 0.4) is 0 Å². The van der Waals surface area contributed by atoms with Crippen LogP contribution in [-0.4, -0.2) is 23.9 Å². The average molecular weight is 690 g/mol. The van der Waals surface area contributed by atoms with Crippen LogP contribution in [0.25, 0.3) is 105 Å². The smallest absolute Gasteiger partial charge is 0.235 e. The lowest BCUT2D eigenvalue weighted by Crippen LogP contribution is -2.03. The van der Waals surface area contributed by atoms with Gasteiger partial charge >= 0.3 is 0 Å². The second-order valence-corrected chi connectivity index (χ2v) is 14.4. The molecule has 0 radical (unpaired) electrons. The number of benzene rings is 6. The maximum Gasteiger partial charge on any atom is 0.235 e. The van der Waals surface area contributed by atoms with E-state index in [4.69, 9.17) is 9.97 Å². The summed E-state index contributed by atoms with van der Waals surface area (Å²) in [6.45, 7) is 0. The van der Waals surface area contributed by atoms with Crippen LogP contribution in [0, 0.1) is 0 Å². The fraction of sp³-hybridized carbons (Fsp3) is 0.0408. The number of para-hydroxylation sites is 2. The van der Waals surface area contributed by atoms with Crippen molar-refractivity contribution in [2.24, 2.45) is 0 Å². The van der Waals surface area contributed by atoms with Crippen molar-refractivity contribution in [2.45, 2.75) is 12.8 Å². The predicted octanol–water partition coefficient (Wildman–Crippen LogP) is 12.1. The maximum atomic E-state index is 5.32. The normalized spacial score (nSPS) is 13.0. The van der Waals surface area contributed by atoms with Crippen molar-refractivity contribution >= 4 is 66.0 Å². The predicted molar refractivity (Wildman–Crippen MR) is 222 cm³/mol. The molecule has 0 amide bonds. The molecule has 252 valence electrons. The van der Waals surface area contributed by atoms with Crippen LogP contribution < -0.4 is 0 Å². The Labute approximate surface area is 310 Å². The van der Waals surface area contributed by atoms with Gasteiger partial charge in [0.15, 0.2) is 0 Å². The van der Waals surface area contributed by atoms with Crippen LogP contribution in [0.2, 0.25) is 0 Å².